The van der Waals surface area contributed by atoms with Gasteiger partial charge in [-0.3, -0.25) is 0 Å². The molecule has 1 heterocycles. The summed E-state index contributed by atoms with van der Waals surface area (Å²) in [6, 6.07) is 6.35. The SMILES string of the molecule is CCCNC(C)c1ccc(OC2CCCOC2)c(Cl)c1. The van der Waals surface area contributed by atoms with Crippen molar-refractivity contribution in [2.45, 2.75) is 45.3 Å². The van der Waals surface area contributed by atoms with Crippen molar-refractivity contribution in [3.63, 3.8) is 0 Å². The van der Waals surface area contributed by atoms with Crippen LogP contribution in [0.1, 0.15) is 44.7 Å². The predicted octanol–water partition coefficient (Wildman–Crippen LogP) is 3.96. The van der Waals surface area contributed by atoms with Crippen LogP contribution in [-0.4, -0.2) is 25.9 Å². The van der Waals surface area contributed by atoms with Gasteiger partial charge in [0.25, 0.3) is 0 Å². The van der Waals surface area contributed by atoms with Gasteiger partial charge in [-0.25, -0.2) is 0 Å². The molecule has 2 atom stereocenters. The second-order valence-corrected chi connectivity index (χ2v) is 5.73. The van der Waals surface area contributed by atoms with Crippen LogP contribution in [0.3, 0.4) is 0 Å². The van der Waals surface area contributed by atoms with E-state index in [0.29, 0.717) is 17.7 Å². The fourth-order valence-electron chi connectivity index (χ4n) is 2.34. The predicted molar refractivity (Wildman–Crippen MR) is 82.6 cm³/mol. The molecule has 0 aliphatic carbocycles. The summed E-state index contributed by atoms with van der Waals surface area (Å²) in [5.74, 6) is 0.758. The Morgan fingerprint density at radius 2 is 2.35 bits per heavy atom. The van der Waals surface area contributed by atoms with Crippen molar-refractivity contribution in [3.8, 4) is 5.75 Å². The third-order valence-electron chi connectivity index (χ3n) is 3.57. The third-order valence-corrected chi connectivity index (χ3v) is 3.86. The van der Waals surface area contributed by atoms with Gasteiger partial charge in [0.15, 0.2) is 0 Å². The summed E-state index contributed by atoms with van der Waals surface area (Å²) in [6.07, 6.45) is 3.34. The van der Waals surface area contributed by atoms with Crippen molar-refractivity contribution < 1.29 is 9.47 Å². The third kappa shape index (κ3) is 4.37. The smallest absolute Gasteiger partial charge is 0.138 e. The van der Waals surface area contributed by atoms with Gasteiger partial charge in [0, 0.05) is 12.6 Å². The largest absolute Gasteiger partial charge is 0.486 e. The zero-order valence-electron chi connectivity index (χ0n) is 12.3. The molecular weight excluding hydrogens is 274 g/mol. The standard InChI is InChI=1S/C16H24ClNO2/c1-3-8-18-12(2)13-6-7-16(15(17)10-13)20-14-5-4-9-19-11-14/h6-7,10,12,14,18H,3-5,8-9,11H2,1-2H3. The zero-order valence-corrected chi connectivity index (χ0v) is 13.1. The van der Waals surface area contributed by atoms with E-state index in [1.807, 2.05) is 12.1 Å². The highest BCUT2D eigenvalue weighted by Crippen LogP contribution is 2.29. The van der Waals surface area contributed by atoms with E-state index in [4.69, 9.17) is 21.1 Å². The van der Waals surface area contributed by atoms with Crippen molar-refractivity contribution in [3.05, 3.63) is 28.8 Å². The summed E-state index contributed by atoms with van der Waals surface area (Å²) in [5.41, 5.74) is 1.19. The molecule has 1 aliphatic rings. The van der Waals surface area contributed by atoms with Gasteiger partial charge in [-0.1, -0.05) is 24.6 Å². The molecule has 3 nitrogen and oxygen atoms in total. The van der Waals surface area contributed by atoms with Gasteiger partial charge in [0.05, 0.1) is 11.6 Å². The van der Waals surface area contributed by atoms with E-state index in [1.54, 1.807) is 0 Å². The van der Waals surface area contributed by atoms with E-state index in [0.717, 1.165) is 38.2 Å². The van der Waals surface area contributed by atoms with Gasteiger partial charge in [-0.05, 0) is 50.4 Å². The van der Waals surface area contributed by atoms with Gasteiger partial charge >= 0.3 is 0 Å². The molecule has 1 N–H and O–H groups in total. The minimum atomic E-state index is 0.128. The molecule has 2 unspecified atom stereocenters. The number of benzene rings is 1. The lowest BCUT2D eigenvalue weighted by atomic mass is 10.1. The fraction of sp³-hybridized carbons (Fsp3) is 0.625. The van der Waals surface area contributed by atoms with Crippen LogP contribution < -0.4 is 10.1 Å². The van der Waals surface area contributed by atoms with E-state index in [2.05, 4.69) is 25.2 Å². The van der Waals surface area contributed by atoms with Crippen LogP contribution in [0.5, 0.6) is 5.75 Å². The average Bonchev–Trinajstić information content (AvgIpc) is 2.48. The summed E-state index contributed by atoms with van der Waals surface area (Å²) < 4.78 is 11.3. The Morgan fingerprint density at radius 3 is 3.00 bits per heavy atom. The van der Waals surface area contributed by atoms with E-state index in [-0.39, 0.29) is 6.10 Å². The molecule has 0 saturated carbocycles. The highest BCUT2D eigenvalue weighted by atomic mass is 35.5. The average molecular weight is 298 g/mol. The quantitative estimate of drug-likeness (QED) is 0.862. The van der Waals surface area contributed by atoms with E-state index in [1.165, 1.54) is 5.56 Å². The molecule has 1 aliphatic heterocycles. The minimum Gasteiger partial charge on any atom is -0.486 e. The fourth-order valence-corrected chi connectivity index (χ4v) is 2.58. The first-order valence-electron chi connectivity index (χ1n) is 7.48. The maximum Gasteiger partial charge on any atom is 0.138 e. The molecule has 0 radical (unpaired) electrons. The molecule has 0 bridgehead atoms. The van der Waals surface area contributed by atoms with Crippen LogP contribution >= 0.6 is 11.6 Å². The monoisotopic (exact) mass is 297 g/mol. The Labute approximate surface area is 126 Å². The van der Waals surface area contributed by atoms with Gasteiger partial charge in [-0.15, -0.1) is 0 Å². The van der Waals surface area contributed by atoms with Crippen molar-refractivity contribution in [1.82, 2.24) is 5.32 Å². The second-order valence-electron chi connectivity index (χ2n) is 5.32. The van der Waals surface area contributed by atoms with Gasteiger partial charge < -0.3 is 14.8 Å². The molecule has 2 rings (SSSR count). The molecule has 4 heteroatoms. The van der Waals surface area contributed by atoms with Crippen molar-refractivity contribution in [2.24, 2.45) is 0 Å². The first kappa shape index (κ1) is 15.6. The second kappa shape index (κ2) is 7.87. The highest BCUT2D eigenvalue weighted by Gasteiger charge is 2.17. The summed E-state index contributed by atoms with van der Waals surface area (Å²) in [4.78, 5) is 0. The maximum atomic E-state index is 6.33. The Balaban J connectivity index is 1.97. The molecule has 1 saturated heterocycles. The van der Waals surface area contributed by atoms with Crippen LogP contribution in [0.4, 0.5) is 0 Å². The molecule has 0 amide bonds. The molecule has 1 aromatic rings. The normalized spacial score (nSPS) is 20.6. The number of ether oxygens (including phenoxy) is 2. The summed E-state index contributed by atoms with van der Waals surface area (Å²) >= 11 is 6.33. The van der Waals surface area contributed by atoms with E-state index < -0.39 is 0 Å². The van der Waals surface area contributed by atoms with Crippen LogP contribution in [0, 0.1) is 0 Å². The van der Waals surface area contributed by atoms with Crippen molar-refractivity contribution in [2.75, 3.05) is 19.8 Å². The lowest BCUT2D eigenvalue weighted by molar-refractivity contribution is 0.00746. The van der Waals surface area contributed by atoms with Crippen LogP contribution in [-0.2, 0) is 4.74 Å². The molecular formula is C16H24ClNO2. The van der Waals surface area contributed by atoms with Crippen LogP contribution in [0.15, 0.2) is 18.2 Å². The highest BCUT2D eigenvalue weighted by molar-refractivity contribution is 6.32. The lowest BCUT2D eigenvalue weighted by Crippen LogP contribution is -2.28. The first-order valence-corrected chi connectivity index (χ1v) is 7.85. The molecule has 0 spiro atoms. The molecule has 20 heavy (non-hydrogen) atoms. The summed E-state index contributed by atoms with van der Waals surface area (Å²) in [5, 5.41) is 4.14. The van der Waals surface area contributed by atoms with Gasteiger partial charge in [-0.2, -0.15) is 0 Å². The number of hydrogen-bond donors (Lipinski definition) is 1. The lowest BCUT2D eigenvalue weighted by Gasteiger charge is -2.24. The van der Waals surface area contributed by atoms with Crippen molar-refractivity contribution >= 4 is 11.6 Å². The summed E-state index contributed by atoms with van der Waals surface area (Å²) in [7, 11) is 0. The Morgan fingerprint density at radius 1 is 1.50 bits per heavy atom. The zero-order chi connectivity index (χ0) is 14.4. The molecule has 1 aromatic carbocycles. The van der Waals surface area contributed by atoms with Crippen molar-refractivity contribution in [1.29, 1.82) is 0 Å². The number of nitrogens with one attached hydrogen (secondary N) is 1. The van der Waals surface area contributed by atoms with Crippen LogP contribution in [0.2, 0.25) is 5.02 Å². The van der Waals surface area contributed by atoms with Gasteiger partial charge in [0.1, 0.15) is 11.9 Å². The number of rotatable bonds is 6. The minimum absolute atomic E-state index is 0.128. The molecule has 0 aromatic heterocycles. The maximum absolute atomic E-state index is 6.33. The Hall–Kier alpha value is -0.770. The molecule has 1 fully saturated rings. The number of halogens is 1. The molecule has 112 valence electrons. The Bertz CT molecular complexity index is 419. The van der Waals surface area contributed by atoms with Crippen LogP contribution in [0.25, 0.3) is 0 Å². The number of hydrogen-bond acceptors (Lipinski definition) is 3. The Kier molecular flexibility index (Phi) is 6.14. The van der Waals surface area contributed by atoms with E-state index in [9.17, 15) is 0 Å². The topological polar surface area (TPSA) is 30.5 Å². The summed E-state index contributed by atoms with van der Waals surface area (Å²) in [6.45, 7) is 6.82. The van der Waals surface area contributed by atoms with E-state index >= 15 is 0 Å². The van der Waals surface area contributed by atoms with Gasteiger partial charge in [0.2, 0.25) is 0 Å². The first-order chi connectivity index (χ1) is 9.70.